The number of hydrogen-bond acceptors (Lipinski definition) is 6. The molecule has 0 unspecified atom stereocenters. The summed E-state index contributed by atoms with van der Waals surface area (Å²) in [6, 6.07) is 0. The molecule has 0 atom stereocenters. The van der Waals surface area contributed by atoms with E-state index in [1.165, 1.54) is 12.4 Å². The van der Waals surface area contributed by atoms with Gasteiger partial charge in [-0.05, 0) is 47.5 Å². The summed E-state index contributed by atoms with van der Waals surface area (Å²) in [7, 11) is 0. The monoisotopic (exact) mass is 326 g/mol. The number of hydrogen-bond donors (Lipinski definition) is 0. The van der Waals surface area contributed by atoms with Crippen molar-refractivity contribution in [2.24, 2.45) is 10.4 Å². The van der Waals surface area contributed by atoms with Crippen molar-refractivity contribution < 1.29 is 0 Å². The molecule has 0 aromatic rings. The molecule has 2 rings (SSSR count). The van der Waals surface area contributed by atoms with Crippen molar-refractivity contribution >= 4 is 0 Å². The topological polar surface area (TPSA) is 65.3 Å². The van der Waals surface area contributed by atoms with Crippen LogP contribution in [0.15, 0.2) is 83.0 Å². The lowest BCUT2D eigenvalue weighted by molar-refractivity contribution is 0.420. The molecule has 0 aromatic heterocycles. The van der Waals surface area contributed by atoms with Crippen molar-refractivity contribution in [1.29, 1.82) is 0 Å². The largest absolute Gasteiger partial charge is 0.347 e. The molecule has 0 fully saturated rings. The molecule has 0 saturated heterocycles. The van der Waals surface area contributed by atoms with E-state index in [-0.39, 0.29) is 0 Å². The fraction of sp³-hybridized carbons (Fsp3) is 0.333. The van der Waals surface area contributed by atoms with E-state index in [4.69, 9.17) is 0 Å². The maximum absolute atomic E-state index is 10.4. The molecule has 0 bridgehead atoms. The smallest absolute Gasteiger partial charge is 0.0951 e. The van der Waals surface area contributed by atoms with Gasteiger partial charge in [0.05, 0.1) is 23.8 Å². The molecule has 2 heterocycles. The highest BCUT2D eigenvalue weighted by molar-refractivity contribution is 5.28. The van der Waals surface area contributed by atoms with Crippen LogP contribution in [0.4, 0.5) is 0 Å². The summed E-state index contributed by atoms with van der Waals surface area (Å²) in [5.74, 6) is 0. The first-order valence-corrected chi connectivity index (χ1v) is 8.13. The Kier molecular flexibility index (Phi) is 7.40. The van der Waals surface area contributed by atoms with Gasteiger partial charge in [-0.3, -0.25) is 0 Å². The normalized spacial score (nSPS) is 19.5. The Bertz CT molecular complexity index is 561. The van der Waals surface area contributed by atoms with Crippen molar-refractivity contribution in [2.45, 2.75) is 25.7 Å². The standard InChI is InChI=1S/C18H22N4O2/c23-19-15-17-9-3-7-13-21(17)11-5-1-2-6-12-22-14-8-4-10-18(22)16-20-24/h3-4,7-10,13-16H,1-2,5-6,11-12H2/b17-15-,18-16-. The van der Waals surface area contributed by atoms with Gasteiger partial charge >= 0.3 is 0 Å². The second-order valence-electron chi connectivity index (χ2n) is 5.52. The highest BCUT2D eigenvalue weighted by Gasteiger charge is 2.08. The van der Waals surface area contributed by atoms with E-state index >= 15 is 0 Å². The van der Waals surface area contributed by atoms with Gasteiger partial charge in [-0.1, -0.05) is 25.0 Å². The number of nitroso groups, excluding NO2 is 2. The Morgan fingerprint density at radius 1 is 0.708 bits per heavy atom. The van der Waals surface area contributed by atoms with Crippen LogP contribution in [0.25, 0.3) is 0 Å². The average Bonchev–Trinajstić information content (AvgIpc) is 2.61. The van der Waals surface area contributed by atoms with Crippen molar-refractivity contribution in [3.63, 3.8) is 0 Å². The lowest BCUT2D eigenvalue weighted by Crippen LogP contribution is -2.19. The van der Waals surface area contributed by atoms with Crippen LogP contribution in [0.1, 0.15) is 25.7 Å². The predicted octanol–water partition coefficient (Wildman–Crippen LogP) is 4.53. The molecule has 2 aliphatic heterocycles. The molecule has 0 aromatic carbocycles. The highest BCUT2D eigenvalue weighted by atomic mass is 16.3. The minimum atomic E-state index is 0.828. The predicted molar refractivity (Wildman–Crippen MR) is 96.2 cm³/mol. The van der Waals surface area contributed by atoms with E-state index in [2.05, 4.69) is 10.4 Å². The summed E-state index contributed by atoms with van der Waals surface area (Å²) < 4.78 is 0. The number of rotatable bonds is 9. The average molecular weight is 326 g/mol. The van der Waals surface area contributed by atoms with E-state index in [1.807, 2.05) is 58.7 Å². The Balaban J connectivity index is 1.65. The second-order valence-corrected chi connectivity index (χ2v) is 5.52. The van der Waals surface area contributed by atoms with Crippen molar-refractivity contribution in [1.82, 2.24) is 9.80 Å². The third kappa shape index (κ3) is 5.46. The summed E-state index contributed by atoms with van der Waals surface area (Å²) in [6.07, 6.45) is 22.4. The van der Waals surface area contributed by atoms with E-state index in [9.17, 15) is 9.81 Å². The summed E-state index contributed by atoms with van der Waals surface area (Å²) in [6.45, 7) is 1.74. The van der Waals surface area contributed by atoms with Crippen LogP contribution in [0, 0.1) is 9.81 Å². The van der Waals surface area contributed by atoms with E-state index in [1.54, 1.807) is 0 Å². The Morgan fingerprint density at radius 3 is 1.58 bits per heavy atom. The van der Waals surface area contributed by atoms with Gasteiger partial charge in [0.1, 0.15) is 0 Å². The van der Waals surface area contributed by atoms with Crippen LogP contribution < -0.4 is 0 Å². The Morgan fingerprint density at radius 2 is 1.17 bits per heavy atom. The maximum Gasteiger partial charge on any atom is 0.0951 e. The van der Waals surface area contributed by atoms with Gasteiger partial charge in [-0.25, -0.2) is 0 Å². The van der Waals surface area contributed by atoms with Gasteiger partial charge < -0.3 is 9.80 Å². The van der Waals surface area contributed by atoms with Crippen LogP contribution in [0.5, 0.6) is 0 Å². The lowest BCUT2D eigenvalue weighted by atomic mass is 10.1. The summed E-state index contributed by atoms with van der Waals surface area (Å²) in [5.41, 5.74) is 1.66. The SMILES string of the molecule is O=N/C=C1/C=CC=CN1CCCCCCN1C=CC=C/C1=C/N=O. The Hall–Kier alpha value is -2.76. The first-order valence-electron chi connectivity index (χ1n) is 8.13. The quantitative estimate of drug-likeness (QED) is 0.461. The molecule has 0 N–H and O–H groups in total. The molecular weight excluding hydrogens is 304 g/mol. The first kappa shape index (κ1) is 17.6. The van der Waals surface area contributed by atoms with Crippen molar-refractivity contribution in [2.75, 3.05) is 13.1 Å². The molecule has 126 valence electrons. The van der Waals surface area contributed by atoms with Gasteiger partial charge in [-0.2, -0.15) is 0 Å². The lowest BCUT2D eigenvalue weighted by Gasteiger charge is -2.23. The van der Waals surface area contributed by atoms with Gasteiger partial charge in [0.15, 0.2) is 0 Å². The van der Waals surface area contributed by atoms with E-state index < -0.39 is 0 Å². The third-order valence-electron chi connectivity index (χ3n) is 3.87. The van der Waals surface area contributed by atoms with Crippen LogP contribution in [0.3, 0.4) is 0 Å². The molecule has 24 heavy (non-hydrogen) atoms. The molecular formula is C18H22N4O2. The molecule has 6 heteroatoms. The maximum atomic E-state index is 10.4. The number of allylic oxidation sites excluding steroid dienone is 6. The molecule has 0 saturated carbocycles. The second kappa shape index (κ2) is 10.1. The zero-order chi connectivity index (χ0) is 17.0. The minimum Gasteiger partial charge on any atom is -0.347 e. The van der Waals surface area contributed by atoms with Crippen LogP contribution in [0.2, 0.25) is 0 Å². The number of nitrogens with zero attached hydrogens (tertiary/aromatic N) is 4. The van der Waals surface area contributed by atoms with E-state index in [0.29, 0.717) is 0 Å². The molecule has 0 spiro atoms. The fourth-order valence-electron chi connectivity index (χ4n) is 2.65. The van der Waals surface area contributed by atoms with Crippen LogP contribution >= 0.6 is 0 Å². The zero-order valence-corrected chi connectivity index (χ0v) is 13.6. The van der Waals surface area contributed by atoms with Gasteiger partial charge in [-0.15, -0.1) is 9.81 Å². The molecule has 0 aliphatic carbocycles. The number of unbranched alkanes of at least 4 members (excludes halogenated alkanes) is 3. The van der Waals surface area contributed by atoms with Crippen LogP contribution in [-0.2, 0) is 0 Å². The molecule has 2 aliphatic rings. The summed E-state index contributed by atoms with van der Waals surface area (Å²) >= 11 is 0. The fourth-order valence-corrected chi connectivity index (χ4v) is 2.65. The van der Waals surface area contributed by atoms with Gasteiger partial charge in [0.25, 0.3) is 0 Å². The van der Waals surface area contributed by atoms with Crippen LogP contribution in [-0.4, -0.2) is 22.9 Å². The Labute approximate surface area is 142 Å². The van der Waals surface area contributed by atoms with E-state index in [0.717, 1.165) is 50.2 Å². The zero-order valence-electron chi connectivity index (χ0n) is 13.6. The van der Waals surface area contributed by atoms with Crippen molar-refractivity contribution in [3.05, 3.63) is 82.5 Å². The minimum absolute atomic E-state index is 0.828. The summed E-state index contributed by atoms with van der Waals surface area (Å²) in [5, 5.41) is 5.70. The molecule has 0 amide bonds. The third-order valence-corrected chi connectivity index (χ3v) is 3.87. The van der Waals surface area contributed by atoms with Gasteiger partial charge in [0.2, 0.25) is 0 Å². The summed E-state index contributed by atoms with van der Waals surface area (Å²) in [4.78, 5) is 24.9. The molecule has 0 radical (unpaired) electrons. The molecule has 6 nitrogen and oxygen atoms in total. The van der Waals surface area contributed by atoms with Gasteiger partial charge in [0, 0.05) is 25.5 Å². The first-order chi connectivity index (χ1) is 11.8. The van der Waals surface area contributed by atoms with Crippen molar-refractivity contribution in [3.8, 4) is 0 Å². The highest BCUT2D eigenvalue weighted by Crippen LogP contribution is 2.16.